The van der Waals surface area contributed by atoms with Crippen molar-refractivity contribution in [2.45, 2.75) is 38.8 Å². The first-order valence-corrected chi connectivity index (χ1v) is 9.13. The zero-order chi connectivity index (χ0) is 17.8. The fourth-order valence-corrected chi connectivity index (χ4v) is 3.58. The molecule has 1 fully saturated rings. The van der Waals surface area contributed by atoms with E-state index in [-0.39, 0.29) is 23.8 Å². The van der Waals surface area contributed by atoms with Crippen LogP contribution in [0.15, 0.2) is 42.7 Å². The van der Waals surface area contributed by atoms with Crippen LogP contribution in [0.3, 0.4) is 0 Å². The van der Waals surface area contributed by atoms with Crippen LogP contribution >= 0.6 is 0 Å². The van der Waals surface area contributed by atoms with Crippen molar-refractivity contribution in [2.24, 2.45) is 13.0 Å². The fourth-order valence-electron chi connectivity index (χ4n) is 3.58. The van der Waals surface area contributed by atoms with E-state index in [1.807, 2.05) is 42.3 Å². The normalized spacial score (nSPS) is 21.2. The first-order chi connectivity index (χ1) is 12.1. The Morgan fingerprint density at radius 3 is 2.76 bits per heavy atom. The molecule has 2 aromatic rings. The molecule has 1 unspecified atom stereocenters. The topological polar surface area (TPSA) is 50.2 Å². The van der Waals surface area contributed by atoms with Crippen molar-refractivity contribution in [1.29, 1.82) is 0 Å². The van der Waals surface area contributed by atoms with Gasteiger partial charge in [-0.05, 0) is 24.5 Å². The number of rotatable bonds is 6. The van der Waals surface area contributed by atoms with Crippen molar-refractivity contribution in [1.82, 2.24) is 20.0 Å². The first-order valence-electron chi connectivity index (χ1n) is 9.13. The van der Waals surface area contributed by atoms with Crippen molar-refractivity contribution < 1.29 is 4.79 Å². The smallest absolute Gasteiger partial charge is 0.228 e. The second-order valence-electron chi connectivity index (χ2n) is 7.03. The molecule has 2 heterocycles. The van der Waals surface area contributed by atoms with Gasteiger partial charge in [-0.25, -0.2) is 0 Å². The molecule has 25 heavy (non-hydrogen) atoms. The molecule has 0 spiro atoms. The highest BCUT2D eigenvalue weighted by atomic mass is 16.2. The van der Waals surface area contributed by atoms with E-state index in [1.165, 1.54) is 5.56 Å². The number of carbonyl (C=O) groups is 1. The Balaban J connectivity index is 1.81. The van der Waals surface area contributed by atoms with Crippen LogP contribution in [-0.2, 0) is 18.4 Å². The van der Waals surface area contributed by atoms with Crippen LogP contribution in [0.5, 0.6) is 0 Å². The number of aromatic nitrogens is 2. The number of nitrogens with one attached hydrogen (secondary N) is 1. The maximum Gasteiger partial charge on any atom is 0.228 e. The summed E-state index contributed by atoms with van der Waals surface area (Å²) < 4.78 is 1.81. The number of benzene rings is 1. The number of carbonyl (C=O) groups excluding carboxylic acids is 1. The van der Waals surface area contributed by atoms with Crippen LogP contribution in [-0.4, -0.2) is 39.7 Å². The zero-order valence-electron chi connectivity index (χ0n) is 15.4. The quantitative estimate of drug-likeness (QED) is 0.879. The highest BCUT2D eigenvalue weighted by Crippen LogP contribution is 2.30. The summed E-state index contributed by atoms with van der Waals surface area (Å²) in [6.45, 7) is 6.52. The Morgan fingerprint density at radius 1 is 1.36 bits per heavy atom. The number of aryl methyl sites for hydroxylation is 1. The summed E-state index contributed by atoms with van der Waals surface area (Å²) in [7, 11) is 1.92. The van der Waals surface area contributed by atoms with E-state index >= 15 is 0 Å². The molecule has 0 radical (unpaired) electrons. The average Bonchev–Trinajstić information content (AvgIpc) is 3.28. The van der Waals surface area contributed by atoms with Gasteiger partial charge in [-0.15, -0.1) is 0 Å². The lowest BCUT2D eigenvalue weighted by Crippen LogP contribution is -2.43. The minimum Gasteiger partial charge on any atom is -0.335 e. The lowest BCUT2D eigenvalue weighted by atomic mass is 9.89. The fraction of sp³-hybridized carbons (Fsp3) is 0.500. The number of hydrogen-bond donors (Lipinski definition) is 1. The molecule has 5 nitrogen and oxygen atoms in total. The van der Waals surface area contributed by atoms with Gasteiger partial charge in [0.15, 0.2) is 0 Å². The van der Waals surface area contributed by atoms with Crippen molar-refractivity contribution in [3.05, 3.63) is 53.9 Å². The molecule has 0 saturated carbocycles. The van der Waals surface area contributed by atoms with E-state index < -0.39 is 0 Å². The molecular weight excluding hydrogens is 312 g/mol. The maximum absolute atomic E-state index is 13.4. The van der Waals surface area contributed by atoms with Crippen molar-refractivity contribution in [3.8, 4) is 0 Å². The van der Waals surface area contributed by atoms with Gasteiger partial charge in [-0.1, -0.05) is 37.3 Å². The predicted molar refractivity (Wildman–Crippen MR) is 99.1 cm³/mol. The van der Waals surface area contributed by atoms with Gasteiger partial charge in [-0.3, -0.25) is 9.48 Å². The van der Waals surface area contributed by atoms with Crippen molar-refractivity contribution >= 4 is 5.91 Å². The van der Waals surface area contributed by atoms with Crippen LogP contribution in [0, 0.1) is 5.92 Å². The lowest BCUT2D eigenvalue weighted by Gasteiger charge is -2.32. The molecule has 1 aliphatic heterocycles. The van der Waals surface area contributed by atoms with Gasteiger partial charge < -0.3 is 10.2 Å². The summed E-state index contributed by atoms with van der Waals surface area (Å²) in [5.41, 5.74) is 2.33. The Bertz CT molecular complexity index is 697. The van der Waals surface area contributed by atoms with Crippen molar-refractivity contribution in [2.75, 3.05) is 13.1 Å². The molecule has 1 aromatic carbocycles. The largest absolute Gasteiger partial charge is 0.335 e. The Morgan fingerprint density at radius 2 is 2.12 bits per heavy atom. The number of amides is 1. The lowest BCUT2D eigenvalue weighted by molar-refractivity contribution is -0.138. The average molecular weight is 340 g/mol. The van der Waals surface area contributed by atoms with E-state index in [2.05, 4.69) is 41.3 Å². The van der Waals surface area contributed by atoms with Gasteiger partial charge in [0.1, 0.15) is 0 Å². The molecule has 3 atom stereocenters. The minimum atomic E-state index is -0.0260. The highest BCUT2D eigenvalue weighted by molar-refractivity contribution is 5.81. The SMILES string of the molecule is CCC(C)N(Cc1ccccc1)C(=O)[C@H]1CNC[C@@H]1c1cnn(C)c1. The predicted octanol–water partition coefficient (Wildman–Crippen LogP) is 2.55. The van der Waals surface area contributed by atoms with Gasteiger partial charge in [0, 0.05) is 44.8 Å². The highest BCUT2D eigenvalue weighted by Gasteiger charge is 2.38. The molecular formula is C20H28N4O. The van der Waals surface area contributed by atoms with Gasteiger partial charge in [0.2, 0.25) is 5.91 Å². The third kappa shape index (κ3) is 3.93. The second kappa shape index (κ2) is 7.83. The van der Waals surface area contributed by atoms with Gasteiger partial charge >= 0.3 is 0 Å². The number of nitrogens with zero attached hydrogens (tertiary/aromatic N) is 3. The summed E-state index contributed by atoms with van der Waals surface area (Å²) in [5.74, 6) is 0.419. The summed E-state index contributed by atoms with van der Waals surface area (Å²) in [6, 6.07) is 10.5. The van der Waals surface area contributed by atoms with Crippen molar-refractivity contribution in [3.63, 3.8) is 0 Å². The van der Waals surface area contributed by atoms with Crippen LogP contribution in [0.2, 0.25) is 0 Å². The molecule has 1 aromatic heterocycles. The third-order valence-electron chi connectivity index (χ3n) is 5.29. The molecule has 0 aliphatic carbocycles. The summed E-state index contributed by atoms with van der Waals surface area (Å²) >= 11 is 0. The summed E-state index contributed by atoms with van der Waals surface area (Å²) in [5, 5.41) is 7.69. The Kier molecular flexibility index (Phi) is 5.53. The van der Waals surface area contributed by atoms with E-state index in [1.54, 1.807) is 0 Å². The number of hydrogen-bond acceptors (Lipinski definition) is 3. The Labute approximate surface area is 150 Å². The van der Waals surface area contributed by atoms with E-state index in [4.69, 9.17) is 0 Å². The molecule has 1 saturated heterocycles. The van der Waals surface area contributed by atoms with E-state index in [0.29, 0.717) is 6.54 Å². The molecule has 1 amide bonds. The molecule has 1 N–H and O–H groups in total. The standard InChI is InChI=1S/C20H28N4O/c1-4-15(2)24(13-16-8-6-5-7-9-16)20(25)19-12-21-11-18(19)17-10-22-23(3)14-17/h5-10,14-15,18-19,21H,4,11-13H2,1-3H3/t15?,18-,19+/m1/s1. The molecule has 134 valence electrons. The Hall–Kier alpha value is -2.14. The van der Waals surface area contributed by atoms with Crippen LogP contribution in [0.1, 0.15) is 37.3 Å². The third-order valence-corrected chi connectivity index (χ3v) is 5.29. The first kappa shape index (κ1) is 17.7. The van der Waals surface area contributed by atoms with Crippen LogP contribution in [0.25, 0.3) is 0 Å². The van der Waals surface area contributed by atoms with Gasteiger partial charge in [-0.2, -0.15) is 5.10 Å². The molecule has 0 bridgehead atoms. The van der Waals surface area contributed by atoms with Gasteiger partial charge in [0.25, 0.3) is 0 Å². The zero-order valence-corrected chi connectivity index (χ0v) is 15.4. The minimum absolute atomic E-state index is 0.0260. The molecule has 3 rings (SSSR count). The van der Waals surface area contributed by atoms with Crippen LogP contribution < -0.4 is 5.32 Å². The summed E-state index contributed by atoms with van der Waals surface area (Å²) in [4.78, 5) is 15.5. The van der Waals surface area contributed by atoms with E-state index in [0.717, 1.165) is 25.1 Å². The molecule has 5 heteroatoms. The summed E-state index contributed by atoms with van der Waals surface area (Å²) in [6.07, 6.45) is 4.88. The van der Waals surface area contributed by atoms with E-state index in [9.17, 15) is 4.79 Å². The molecule has 1 aliphatic rings. The van der Waals surface area contributed by atoms with Crippen LogP contribution in [0.4, 0.5) is 0 Å². The second-order valence-corrected chi connectivity index (χ2v) is 7.03. The maximum atomic E-state index is 13.4. The monoisotopic (exact) mass is 340 g/mol. The van der Waals surface area contributed by atoms with Gasteiger partial charge in [0.05, 0.1) is 12.1 Å².